The van der Waals surface area contributed by atoms with Gasteiger partial charge in [-0.3, -0.25) is 4.98 Å². The van der Waals surface area contributed by atoms with Gasteiger partial charge in [0.25, 0.3) is 0 Å². The largest absolute Gasteiger partial charge is 0.444 e. The van der Waals surface area contributed by atoms with Crippen molar-refractivity contribution in [1.29, 1.82) is 0 Å². The summed E-state index contributed by atoms with van der Waals surface area (Å²) in [6.07, 6.45) is 4.88. The maximum Gasteiger partial charge on any atom is 0.408 e. The highest BCUT2D eigenvalue weighted by Gasteiger charge is 2.30. The van der Waals surface area contributed by atoms with E-state index < -0.39 is 5.60 Å². The van der Waals surface area contributed by atoms with Crippen LogP contribution in [0, 0.1) is 0 Å². The molecule has 0 unspecified atom stereocenters. The molecule has 0 saturated heterocycles. The average molecular weight is 386 g/mol. The standard InChI is InChI=1S/C17H28BrN3O2/c1-6-17(7-2,21-15(22)23-16(3,4)5)12-20-10-13-8-14(18)11-19-9-13/h8-9,11,20H,6-7,10,12H2,1-5H3,(H,21,22). The van der Waals surface area contributed by atoms with Gasteiger partial charge in [-0.25, -0.2) is 4.79 Å². The van der Waals surface area contributed by atoms with Crippen LogP contribution in [0.5, 0.6) is 0 Å². The number of alkyl carbamates (subject to hydrolysis) is 1. The quantitative estimate of drug-likeness (QED) is 0.743. The van der Waals surface area contributed by atoms with Crippen molar-refractivity contribution < 1.29 is 9.53 Å². The first-order chi connectivity index (χ1) is 10.7. The van der Waals surface area contributed by atoms with Gasteiger partial charge in [-0.2, -0.15) is 0 Å². The second-order valence-corrected chi connectivity index (χ2v) is 7.64. The fourth-order valence-corrected chi connectivity index (χ4v) is 2.65. The van der Waals surface area contributed by atoms with E-state index >= 15 is 0 Å². The maximum atomic E-state index is 12.1. The molecule has 0 spiro atoms. The number of nitrogens with one attached hydrogen (secondary N) is 2. The molecule has 5 nitrogen and oxygen atoms in total. The van der Waals surface area contributed by atoms with Gasteiger partial charge in [0.05, 0.1) is 5.54 Å². The molecule has 0 aliphatic carbocycles. The molecule has 130 valence electrons. The van der Waals surface area contributed by atoms with Gasteiger partial charge in [-0.05, 0) is 61.2 Å². The molecule has 6 heteroatoms. The Hall–Kier alpha value is -1.14. The van der Waals surface area contributed by atoms with E-state index in [1.165, 1.54) is 0 Å². The predicted octanol–water partition coefficient (Wildman–Crippen LogP) is 4.02. The molecular weight excluding hydrogens is 358 g/mol. The van der Waals surface area contributed by atoms with Crippen LogP contribution in [0.1, 0.15) is 53.0 Å². The average Bonchev–Trinajstić information content (AvgIpc) is 2.44. The van der Waals surface area contributed by atoms with E-state index in [1.54, 1.807) is 6.20 Å². The zero-order chi connectivity index (χ0) is 17.5. The smallest absolute Gasteiger partial charge is 0.408 e. The van der Waals surface area contributed by atoms with Crippen molar-refractivity contribution in [2.75, 3.05) is 6.54 Å². The van der Waals surface area contributed by atoms with E-state index in [2.05, 4.69) is 45.4 Å². The van der Waals surface area contributed by atoms with Gasteiger partial charge in [0, 0.05) is 30.0 Å². The van der Waals surface area contributed by atoms with Crippen LogP contribution in [0.25, 0.3) is 0 Å². The molecule has 23 heavy (non-hydrogen) atoms. The van der Waals surface area contributed by atoms with Crippen LogP contribution in [-0.2, 0) is 11.3 Å². The van der Waals surface area contributed by atoms with E-state index in [9.17, 15) is 4.79 Å². The van der Waals surface area contributed by atoms with Crippen LogP contribution >= 0.6 is 15.9 Å². The predicted molar refractivity (Wildman–Crippen MR) is 96.3 cm³/mol. The summed E-state index contributed by atoms with van der Waals surface area (Å²) in [5.41, 5.74) is 0.284. The zero-order valence-corrected chi connectivity index (χ0v) is 16.3. The van der Waals surface area contributed by atoms with Gasteiger partial charge in [0.15, 0.2) is 0 Å². The van der Waals surface area contributed by atoms with Crippen LogP contribution in [0.4, 0.5) is 4.79 Å². The number of aromatic nitrogens is 1. The van der Waals surface area contributed by atoms with E-state index in [4.69, 9.17) is 4.74 Å². The number of carbonyl (C=O) groups excluding carboxylic acids is 1. The van der Waals surface area contributed by atoms with Crippen molar-refractivity contribution >= 4 is 22.0 Å². The lowest BCUT2D eigenvalue weighted by Gasteiger charge is -2.34. The van der Waals surface area contributed by atoms with Crippen molar-refractivity contribution in [3.8, 4) is 0 Å². The maximum absolute atomic E-state index is 12.1. The van der Waals surface area contributed by atoms with Gasteiger partial charge >= 0.3 is 6.09 Å². The van der Waals surface area contributed by atoms with Crippen molar-refractivity contribution in [2.24, 2.45) is 0 Å². The summed E-state index contributed by atoms with van der Waals surface area (Å²) in [7, 11) is 0. The number of hydrogen-bond acceptors (Lipinski definition) is 4. The zero-order valence-electron chi connectivity index (χ0n) is 14.7. The minimum absolute atomic E-state index is 0.318. The molecule has 0 atom stereocenters. The highest BCUT2D eigenvalue weighted by molar-refractivity contribution is 9.10. The summed E-state index contributed by atoms with van der Waals surface area (Å²) < 4.78 is 6.34. The summed E-state index contributed by atoms with van der Waals surface area (Å²) in [6, 6.07) is 2.03. The minimum Gasteiger partial charge on any atom is -0.444 e. The van der Waals surface area contributed by atoms with Gasteiger partial charge in [-0.15, -0.1) is 0 Å². The molecule has 0 aliphatic rings. The van der Waals surface area contributed by atoms with Crippen molar-refractivity contribution in [3.63, 3.8) is 0 Å². The fraction of sp³-hybridized carbons (Fsp3) is 0.647. The lowest BCUT2D eigenvalue weighted by Crippen LogP contribution is -2.55. The Morgan fingerprint density at radius 1 is 1.26 bits per heavy atom. The van der Waals surface area contributed by atoms with Crippen LogP contribution < -0.4 is 10.6 Å². The van der Waals surface area contributed by atoms with Gasteiger partial charge < -0.3 is 15.4 Å². The molecule has 0 bridgehead atoms. The number of amides is 1. The first kappa shape index (κ1) is 19.9. The second-order valence-electron chi connectivity index (χ2n) is 6.73. The molecule has 1 aromatic rings. The van der Waals surface area contributed by atoms with Gasteiger partial charge in [0.1, 0.15) is 5.60 Å². The normalized spacial score (nSPS) is 12.1. The summed E-state index contributed by atoms with van der Waals surface area (Å²) >= 11 is 3.42. The van der Waals surface area contributed by atoms with Crippen LogP contribution in [0.3, 0.4) is 0 Å². The molecule has 0 radical (unpaired) electrons. The van der Waals surface area contributed by atoms with Crippen molar-refractivity contribution in [3.05, 3.63) is 28.5 Å². The Kier molecular flexibility index (Phi) is 7.48. The third kappa shape index (κ3) is 7.31. The lowest BCUT2D eigenvalue weighted by molar-refractivity contribution is 0.0446. The van der Waals surface area contributed by atoms with E-state index in [0.29, 0.717) is 13.1 Å². The number of carbonyl (C=O) groups is 1. The highest BCUT2D eigenvalue weighted by atomic mass is 79.9. The third-order valence-electron chi connectivity index (χ3n) is 3.67. The van der Waals surface area contributed by atoms with Crippen LogP contribution in [0.15, 0.2) is 22.9 Å². The molecule has 0 aromatic carbocycles. The Morgan fingerprint density at radius 3 is 2.43 bits per heavy atom. The molecule has 2 N–H and O–H groups in total. The molecule has 1 aromatic heterocycles. The molecular formula is C17H28BrN3O2. The molecule has 1 heterocycles. The Morgan fingerprint density at radius 2 is 1.91 bits per heavy atom. The monoisotopic (exact) mass is 385 g/mol. The van der Waals surface area contributed by atoms with Crippen molar-refractivity contribution in [1.82, 2.24) is 15.6 Å². The summed E-state index contributed by atoms with van der Waals surface area (Å²) in [5, 5.41) is 6.44. The van der Waals surface area contributed by atoms with Gasteiger partial charge in [-0.1, -0.05) is 13.8 Å². The topological polar surface area (TPSA) is 63.2 Å². The summed E-state index contributed by atoms with van der Waals surface area (Å²) in [5.74, 6) is 0. The number of nitrogens with zero attached hydrogens (tertiary/aromatic N) is 1. The third-order valence-corrected chi connectivity index (χ3v) is 4.11. The molecule has 0 aliphatic heterocycles. The van der Waals surface area contributed by atoms with E-state index in [-0.39, 0.29) is 11.6 Å². The van der Waals surface area contributed by atoms with Crippen LogP contribution in [-0.4, -0.2) is 28.8 Å². The first-order valence-corrected chi connectivity index (χ1v) is 8.80. The molecule has 0 saturated carbocycles. The number of hydrogen-bond donors (Lipinski definition) is 2. The highest BCUT2D eigenvalue weighted by Crippen LogP contribution is 2.17. The Bertz CT molecular complexity index is 511. The number of pyridine rings is 1. The lowest BCUT2D eigenvalue weighted by atomic mass is 9.93. The summed E-state index contributed by atoms with van der Waals surface area (Å²) in [4.78, 5) is 16.2. The SMILES string of the molecule is CCC(CC)(CNCc1cncc(Br)c1)NC(=O)OC(C)(C)C. The second kappa shape index (κ2) is 8.64. The molecule has 1 rings (SSSR count). The molecule has 1 amide bonds. The molecule has 0 fully saturated rings. The van der Waals surface area contributed by atoms with Crippen LogP contribution in [0.2, 0.25) is 0 Å². The van der Waals surface area contributed by atoms with E-state index in [0.717, 1.165) is 22.9 Å². The van der Waals surface area contributed by atoms with Gasteiger partial charge in [0.2, 0.25) is 0 Å². The Labute approximate surface area is 147 Å². The number of rotatable bonds is 7. The van der Waals surface area contributed by atoms with Crippen molar-refractivity contribution in [2.45, 2.75) is 65.1 Å². The Balaban J connectivity index is 2.60. The summed E-state index contributed by atoms with van der Waals surface area (Å²) in [6.45, 7) is 11.1. The number of halogens is 1. The first-order valence-electron chi connectivity index (χ1n) is 8.01. The number of ether oxygens (including phenoxy) is 1. The minimum atomic E-state index is -0.493. The van der Waals surface area contributed by atoms with E-state index in [1.807, 2.05) is 33.0 Å². The fourth-order valence-electron chi connectivity index (χ4n) is 2.24.